The molecule has 2 rings (SSSR count). The number of hydrogen-bond donors (Lipinski definition) is 1. The summed E-state index contributed by atoms with van der Waals surface area (Å²) in [6.45, 7) is 6.59. The van der Waals surface area contributed by atoms with Gasteiger partial charge in [0.05, 0.1) is 5.02 Å². The Kier molecular flexibility index (Phi) is 3.90. The van der Waals surface area contributed by atoms with Crippen LogP contribution in [0.15, 0.2) is 24.4 Å². The van der Waals surface area contributed by atoms with Gasteiger partial charge in [-0.1, -0.05) is 23.7 Å². The molecule has 0 atom stereocenters. The fourth-order valence-electron chi connectivity index (χ4n) is 1.78. The first-order valence-electron chi connectivity index (χ1n) is 6.13. The summed E-state index contributed by atoms with van der Waals surface area (Å²) in [7, 11) is 0. The Labute approximate surface area is 117 Å². The standard InChI is InChI=1S/C14H16ClN3O/c1-4-18-8-11(15)13(17-18)14(19)16-12-7-5-6-9(2)10(12)3/h5-8H,4H2,1-3H3,(H,16,19). The van der Waals surface area contributed by atoms with Gasteiger partial charge in [-0.3, -0.25) is 9.48 Å². The van der Waals surface area contributed by atoms with Crippen LogP contribution >= 0.6 is 11.6 Å². The molecule has 1 amide bonds. The van der Waals surface area contributed by atoms with Gasteiger partial charge in [-0.25, -0.2) is 0 Å². The van der Waals surface area contributed by atoms with Gasteiger partial charge in [0.25, 0.3) is 5.91 Å². The van der Waals surface area contributed by atoms with Crippen LogP contribution in [-0.2, 0) is 6.54 Å². The normalized spacial score (nSPS) is 10.5. The summed E-state index contributed by atoms with van der Waals surface area (Å²) in [6, 6.07) is 5.78. The minimum atomic E-state index is -0.286. The maximum atomic E-state index is 12.2. The third-order valence-electron chi connectivity index (χ3n) is 3.11. The van der Waals surface area contributed by atoms with Crippen molar-refractivity contribution in [1.29, 1.82) is 0 Å². The molecule has 0 bridgehead atoms. The summed E-state index contributed by atoms with van der Waals surface area (Å²) < 4.78 is 1.64. The number of amides is 1. The average Bonchev–Trinajstić information content (AvgIpc) is 2.76. The zero-order valence-corrected chi connectivity index (χ0v) is 12.0. The molecule has 19 heavy (non-hydrogen) atoms. The number of rotatable bonds is 3. The molecule has 0 unspecified atom stereocenters. The van der Waals surface area contributed by atoms with Crippen molar-refractivity contribution >= 4 is 23.2 Å². The van der Waals surface area contributed by atoms with E-state index < -0.39 is 0 Å². The SMILES string of the molecule is CCn1cc(Cl)c(C(=O)Nc2cccc(C)c2C)n1. The summed E-state index contributed by atoms with van der Waals surface area (Å²) in [4.78, 5) is 12.2. The minimum Gasteiger partial charge on any atom is -0.320 e. The summed E-state index contributed by atoms with van der Waals surface area (Å²) >= 11 is 6.01. The van der Waals surface area contributed by atoms with E-state index in [1.165, 1.54) is 0 Å². The molecule has 4 nitrogen and oxygen atoms in total. The van der Waals surface area contributed by atoms with Crippen LogP contribution in [0.25, 0.3) is 0 Å². The number of halogens is 1. The highest BCUT2D eigenvalue weighted by Gasteiger charge is 2.16. The second-order valence-corrected chi connectivity index (χ2v) is 4.79. The Morgan fingerprint density at radius 1 is 1.42 bits per heavy atom. The molecule has 2 aromatic rings. The molecule has 1 N–H and O–H groups in total. The van der Waals surface area contributed by atoms with E-state index in [1.807, 2.05) is 39.0 Å². The van der Waals surface area contributed by atoms with E-state index in [0.29, 0.717) is 11.6 Å². The van der Waals surface area contributed by atoms with Crippen LogP contribution in [0, 0.1) is 13.8 Å². The highest BCUT2D eigenvalue weighted by Crippen LogP contribution is 2.20. The van der Waals surface area contributed by atoms with Gasteiger partial charge >= 0.3 is 0 Å². The Bertz CT molecular complexity index is 619. The molecular formula is C14H16ClN3O. The zero-order valence-electron chi connectivity index (χ0n) is 11.2. The highest BCUT2D eigenvalue weighted by atomic mass is 35.5. The summed E-state index contributed by atoms with van der Waals surface area (Å²) in [5, 5.41) is 7.36. The van der Waals surface area contributed by atoms with Gasteiger partial charge < -0.3 is 5.32 Å². The van der Waals surface area contributed by atoms with Crippen molar-refractivity contribution in [2.75, 3.05) is 5.32 Å². The lowest BCUT2D eigenvalue weighted by Crippen LogP contribution is -2.14. The minimum absolute atomic E-state index is 0.254. The van der Waals surface area contributed by atoms with Gasteiger partial charge in [0, 0.05) is 18.4 Å². The van der Waals surface area contributed by atoms with Crippen molar-refractivity contribution in [3.05, 3.63) is 46.2 Å². The number of carbonyl (C=O) groups excluding carboxylic acids is 1. The van der Waals surface area contributed by atoms with E-state index in [9.17, 15) is 4.79 Å². The number of anilines is 1. The van der Waals surface area contributed by atoms with Gasteiger partial charge in [-0.2, -0.15) is 5.10 Å². The second kappa shape index (κ2) is 5.45. The first-order chi connectivity index (χ1) is 9.02. The van der Waals surface area contributed by atoms with Gasteiger partial charge in [0.1, 0.15) is 0 Å². The van der Waals surface area contributed by atoms with E-state index in [4.69, 9.17) is 11.6 Å². The maximum absolute atomic E-state index is 12.2. The molecule has 1 aromatic heterocycles. The van der Waals surface area contributed by atoms with Crippen molar-refractivity contribution in [1.82, 2.24) is 9.78 Å². The van der Waals surface area contributed by atoms with Gasteiger partial charge in [0.2, 0.25) is 0 Å². The number of benzene rings is 1. The van der Waals surface area contributed by atoms with Crippen molar-refractivity contribution in [2.24, 2.45) is 0 Å². The van der Waals surface area contributed by atoms with Crippen molar-refractivity contribution in [2.45, 2.75) is 27.3 Å². The number of aryl methyl sites for hydroxylation is 2. The smallest absolute Gasteiger partial charge is 0.277 e. The van der Waals surface area contributed by atoms with E-state index >= 15 is 0 Å². The van der Waals surface area contributed by atoms with Crippen LogP contribution in [0.1, 0.15) is 28.5 Å². The highest BCUT2D eigenvalue weighted by molar-refractivity contribution is 6.34. The van der Waals surface area contributed by atoms with Crippen molar-refractivity contribution in [3.63, 3.8) is 0 Å². The quantitative estimate of drug-likeness (QED) is 0.934. The largest absolute Gasteiger partial charge is 0.320 e. The first kappa shape index (κ1) is 13.6. The topological polar surface area (TPSA) is 46.9 Å². The molecule has 0 aliphatic carbocycles. The van der Waals surface area contributed by atoms with Gasteiger partial charge in [-0.05, 0) is 38.0 Å². The average molecular weight is 278 g/mol. The lowest BCUT2D eigenvalue weighted by atomic mass is 10.1. The van der Waals surface area contributed by atoms with Crippen molar-refractivity contribution in [3.8, 4) is 0 Å². The molecule has 0 saturated carbocycles. The molecular weight excluding hydrogens is 262 g/mol. The Hall–Kier alpha value is -1.81. The molecule has 0 saturated heterocycles. The second-order valence-electron chi connectivity index (χ2n) is 4.38. The first-order valence-corrected chi connectivity index (χ1v) is 6.51. The Morgan fingerprint density at radius 3 is 2.79 bits per heavy atom. The number of nitrogens with one attached hydrogen (secondary N) is 1. The molecule has 1 heterocycles. The molecule has 0 fully saturated rings. The maximum Gasteiger partial charge on any atom is 0.277 e. The molecule has 5 heteroatoms. The number of nitrogens with zero attached hydrogens (tertiary/aromatic N) is 2. The van der Waals surface area contributed by atoms with Crippen LogP contribution in [0.4, 0.5) is 5.69 Å². The Balaban J connectivity index is 2.25. The predicted octanol–water partition coefficient (Wildman–Crippen LogP) is 3.43. The Morgan fingerprint density at radius 2 is 2.16 bits per heavy atom. The summed E-state index contributed by atoms with van der Waals surface area (Å²) in [6.07, 6.45) is 1.65. The van der Waals surface area contributed by atoms with Crippen LogP contribution in [-0.4, -0.2) is 15.7 Å². The number of hydrogen-bond acceptors (Lipinski definition) is 2. The summed E-state index contributed by atoms with van der Waals surface area (Å²) in [5.41, 5.74) is 3.21. The van der Waals surface area contributed by atoms with Crippen molar-refractivity contribution < 1.29 is 4.79 Å². The van der Waals surface area contributed by atoms with Gasteiger partial charge in [0.15, 0.2) is 5.69 Å². The fourth-order valence-corrected chi connectivity index (χ4v) is 2.02. The van der Waals surface area contributed by atoms with E-state index in [0.717, 1.165) is 16.8 Å². The molecule has 1 aromatic carbocycles. The monoisotopic (exact) mass is 277 g/mol. The van der Waals surface area contributed by atoms with Crippen LogP contribution in [0.3, 0.4) is 0 Å². The number of carbonyl (C=O) groups is 1. The van der Waals surface area contributed by atoms with Crippen LogP contribution < -0.4 is 5.32 Å². The third-order valence-corrected chi connectivity index (χ3v) is 3.39. The van der Waals surface area contributed by atoms with E-state index in [1.54, 1.807) is 10.9 Å². The third kappa shape index (κ3) is 2.79. The molecule has 0 radical (unpaired) electrons. The summed E-state index contributed by atoms with van der Waals surface area (Å²) in [5.74, 6) is -0.286. The van der Waals surface area contributed by atoms with Crippen LogP contribution in [0.5, 0.6) is 0 Å². The molecule has 0 spiro atoms. The van der Waals surface area contributed by atoms with Crippen LogP contribution in [0.2, 0.25) is 5.02 Å². The number of aromatic nitrogens is 2. The fraction of sp³-hybridized carbons (Fsp3) is 0.286. The van der Waals surface area contributed by atoms with Gasteiger partial charge in [-0.15, -0.1) is 0 Å². The lowest BCUT2D eigenvalue weighted by molar-refractivity contribution is 0.102. The lowest BCUT2D eigenvalue weighted by Gasteiger charge is -2.09. The predicted molar refractivity (Wildman–Crippen MR) is 76.8 cm³/mol. The molecule has 0 aliphatic heterocycles. The molecule has 100 valence electrons. The van der Waals surface area contributed by atoms with E-state index in [2.05, 4.69) is 10.4 Å². The zero-order chi connectivity index (χ0) is 14.0. The molecule has 0 aliphatic rings. The van der Waals surface area contributed by atoms with E-state index in [-0.39, 0.29) is 11.6 Å².